The van der Waals surface area contributed by atoms with Gasteiger partial charge in [-0.05, 0) is 18.2 Å². The SMILES string of the molecule is COc1[c]cccc1.COc1[c]cccc1.COc1[c]cccc1.[Bi+2].[Cl-].[Cl-]. The molecule has 3 aromatic carbocycles. The molecule has 3 rings (SSSR count). The van der Waals surface area contributed by atoms with Crippen molar-refractivity contribution in [3.05, 3.63) is 91.0 Å². The van der Waals surface area contributed by atoms with Crippen LogP contribution in [0.25, 0.3) is 0 Å². The third-order valence-corrected chi connectivity index (χ3v) is 2.70. The summed E-state index contributed by atoms with van der Waals surface area (Å²) >= 11 is 0. The Kier molecular flexibility index (Phi) is 23.3. The molecule has 3 nitrogen and oxygen atoms in total. The van der Waals surface area contributed by atoms with Crippen molar-refractivity contribution in [2.24, 2.45) is 0 Å². The minimum absolute atomic E-state index is 0. The number of rotatable bonds is 3. The van der Waals surface area contributed by atoms with E-state index >= 15 is 0 Å². The van der Waals surface area contributed by atoms with Crippen molar-refractivity contribution in [1.82, 2.24) is 0 Å². The number of para-hydroxylation sites is 3. The van der Waals surface area contributed by atoms with Gasteiger partial charge in [-0.25, -0.2) is 0 Å². The third-order valence-electron chi connectivity index (χ3n) is 2.70. The van der Waals surface area contributed by atoms with Crippen LogP contribution in [0.15, 0.2) is 72.8 Å². The number of methoxy groups -OCH3 is 3. The number of benzene rings is 3. The van der Waals surface area contributed by atoms with Crippen molar-refractivity contribution in [3.8, 4) is 17.2 Å². The molecule has 0 bridgehead atoms. The van der Waals surface area contributed by atoms with E-state index in [0.717, 1.165) is 17.2 Å². The second kappa shape index (κ2) is 20.8. The monoisotopic (exact) mass is 600 g/mol. The summed E-state index contributed by atoms with van der Waals surface area (Å²) < 4.78 is 14.6. The second-order valence-electron chi connectivity index (χ2n) is 4.29. The molecule has 0 saturated carbocycles. The van der Waals surface area contributed by atoms with E-state index in [4.69, 9.17) is 14.2 Å². The van der Waals surface area contributed by atoms with Crippen molar-refractivity contribution in [1.29, 1.82) is 0 Å². The summed E-state index contributed by atoms with van der Waals surface area (Å²) in [5.74, 6) is 2.35. The molecule has 0 aliphatic carbocycles. The summed E-state index contributed by atoms with van der Waals surface area (Å²) in [6.45, 7) is 0. The molecule has 0 N–H and O–H groups in total. The van der Waals surface area contributed by atoms with E-state index in [1.807, 2.05) is 72.8 Å². The van der Waals surface area contributed by atoms with Crippen molar-refractivity contribution in [3.63, 3.8) is 0 Å². The minimum Gasteiger partial charge on any atom is -1.00 e. The summed E-state index contributed by atoms with van der Waals surface area (Å²) in [5, 5.41) is 0. The van der Waals surface area contributed by atoms with Gasteiger partial charge in [0.15, 0.2) is 0 Å². The first-order valence-electron chi connectivity index (χ1n) is 7.32. The minimum atomic E-state index is 0. The van der Waals surface area contributed by atoms with Crippen LogP contribution in [-0.4, -0.2) is 47.5 Å². The first kappa shape index (κ1) is 30.3. The number of hydrogen-bond acceptors (Lipinski definition) is 3. The molecule has 0 aliphatic rings. The standard InChI is InChI=1S/3C7H7O.Bi.2ClH/c3*1-8-7-5-3-2-4-6-7;;;/h3*2-5H,1H3;;2*1H/q;;;+2;;/p-2. The molecule has 142 valence electrons. The van der Waals surface area contributed by atoms with Gasteiger partial charge in [0.25, 0.3) is 0 Å². The van der Waals surface area contributed by atoms with E-state index in [0.29, 0.717) is 0 Å². The van der Waals surface area contributed by atoms with Gasteiger partial charge in [-0.15, -0.1) is 0 Å². The number of halogens is 2. The van der Waals surface area contributed by atoms with Gasteiger partial charge < -0.3 is 39.0 Å². The van der Waals surface area contributed by atoms with E-state index < -0.39 is 0 Å². The first-order chi connectivity index (χ1) is 11.8. The topological polar surface area (TPSA) is 27.7 Å². The molecular weight excluding hydrogens is 580 g/mol. The zero-order valence-electron chi connectivity index (χ0n) is 15.4. The van der Waals surface area contributed by atoms with Gasteiger partial charge in [0.1, 0.15) is 17.2 Å². The molecule has 0 fully saturated rings. The smallest absolute Gasteiger partial charge is 1.00 e. The largest absolute Gasteiger partial charge is 2.00 e. The molecule has 0 heterocycles. The Morgan fingerprint density at radius 3 is 0.889 bits per heavy atom. The predicted octanol–water partition coefficient (Wildman–Crippen LogP) is -1.89. The fourth-order valence-corrected chi connectivity index (χ4v) is 1.51. The summed E-state index contributed by atoms with van der Waals surface area (Å²) in [5.41, 5.74) is 0. The maximum absolute atomic E-state index is 4.86. The third kappa shape index (κ3) is 15.3. The van der Waals surface area contributed by atoms with Crippen LogP contribution in [0.5, 0.6) is 17.2 Å². The molecular formula is C21H21BiCl2O3. The fraction of sp³-hybridized carbons (Fsp3) is 0.143. The molecule has 0 saturated heterocycles. The van der Waals surface area contributed by atoms with E-state index in [2.05, 4.69) is 18.2 Å². The Balaban J connectivity index is -0.000000303. The Morgan fingerprint density at radius 2 is 0.778 bits per heavy atom. The Labute approximate surface area is 194 Å². The van der Waals surface area contributed by atoms with Crippen molar-refractivity contribution < 1.29 is 39.0 Å². The van der Waals surface area contributed by atoms with Crippen LogP contribution in [0.2, 0.25) is 0 Å². The first-order valence-corrected chi connectivity index (χ1v) is 7.32. The molecule has 6 heteroatoms. The van der Waals surface area contributed by atoms with E-state index in [1.165, 1.54) is 0 Å². The van der Waals surface area contributed by atoms with Crippen LogP contribution in [0.1, 0.15) is 0 Å². The van der Waals surface area contributed by atoms with Gasteiger partial charge in [0.2, 0.25) is 0 Å². The van der Waals surface area contributed by atoms with E-state index in [1.54, 1.807) is 21.3 Å². The average molecular weight is 601 g/mol. The Hall–Kier alpha value is -1.48. The molecule has 27 heavy (non-hydrogen) atoms. The van der Waals surface area contributed by atoms with Crippen LogP contribution in [0.4, 0.5) is 0 Å². The zero-order chi connectivity index (χ0) is 17.5. The molecule has 0 aliphatic heterocycles. The van der Waals surface area contributed by atoms with E-state index in [-0.39, 0.29) is 51.0 Å². The van der Waals surface area contributed by atoms with Gasteiger partial charge in [0, 0.05) is 18.2 Å². The molecule has 0 aromatic heterocycles. The predicted molar refractivity (Wildman–Crippen MR) is 101 cm³/mol. The summed E-state index contributed by atoms with van der Waals surface area (Å²) in [6.07, 6.45) is 0. The number of hydrogen-bond donors (Lipinski definition) is 0. The Morgan fingerprint density at radius 1 is 0.519 bits per heavy atom. The normalized spacial score (nSPS) is 7.67. The average Bonchev–Trinajstić information content (AvgIpc) is 2.71. The van der Waals surface area contributed by atoms with Gasteiger partial charge in [-0.3, -0.25) is 0 Å². The van der Waals surface area contributed by atoms with Crippen LogP contribution in [0.3, 0.4) is 0 Å². The molecule has 6 radical (unpaired) electrons. The van der Waals surface area contributed by atoms with Crippen LogP contribution < -0.4 is 39.0 Å². The van der Waals surface area contributed by atoms with Crippen LogP contribution >= 0.6 is 0 Å². The Bertz CT molecular complexity index is 547. The van der Waals surface area contributed by atoms with Crippen molar-refractivity contribution in [2.45, 2.75) is 0 Å². The van der Waals surface area contributed by atoms with Gasteiger partial charge in [-0.2, -0.15) is 0 Å². The van der Waals surface area contributed by atoms with Crippen LogP contribution in [0, 0.1) is 18.2 Å². The maximum atomic E-state index is 4.86. The number of ether oxygens (including phenoxy) is 3. The fourth-order valence-electron chi connectivity index (χ4n) is 1.51. The van der Waals surface area contributed by atoms with E-state index in [9.17, 15) is 0 Å². The maximum Gasteiger partial charge on any atom is 2.00 e. The molecule has 0 unspecified atom stereocenters. The van der Waals surface area contributed by atoms with Crippen LogP contribution in [-0.2, 0) is 0 Å². The molecule has 0 spiro atoms. The van der Waals surface area contributed by atoms with Crippen molar-refractivity contribution in [2.75, 3.05) is 21.3 Å². The van der Waals surface area contributed by atoms with Gasteiger partial charge >= 0.3 is 26.2 Å². The molecule has 3 aromatic rings. The molecule has 0 atom stereocenters. The zero-order valence-corrected chi connectivity index (χ0v) is 20.3. The summed E-state index contributed by atoms with van der Waals surface area (Å²) in [4.78, 5) is 0. The summed E-state index contributed by atoms with van der Waals surface area (Å²) in [7, 11) is 4.89. The quantitative estimate of drug-likeness (QED) is 0.329. The van der Waals surface area contributed by atoms with Gasteiger partial charge in [-0.1, -0.05) is 54.6 Å². The second-order valence-corrected chi connectivity index (χ2v) is 4.29. The van der Waals surface area contributed by atoms with Gasteiger partial charge in [0.05, 0.1) is 21.3 Å². The van der Waals surface area contributed by atoms with Crippen molar-refractivity contribution >= 4 is 26.2 Å². The molecule has 0 amide bonds. The summed E-state index contributed by atoms with van der Waals surface area (Å²) in [6, 6.07) is 31.2.